The first-order chi connectivity index (χ1) is 6.76. The second kappa shape index (κ2) is 3.30. The highest BCUT2D eigenvalue weighted by molar-refractivity contribution is 5.93. The van der Waals surface area contributed by atoms with Gasteiger partial charge in [-0.2, -0.15) is 0 Å². The highest BCUT2D eigenvalue weighted by Gasteiger charge is 2.24. The van der Waals surface area contributed by atoms with Gasteiger partial charge in [0.15, 0.2) is 12.2 Å². The molecule has 1 aliphatic rings. The van der Waals surface area contributed by atoms with Crippen molar-refractivity contribution in [3.63, 3.8) is 0 Å². The summed E-state index contributed by atoms with van der Waals surface area (Å²) in [6, 6.07) is 0. The Morgan fingerprint density at radius 3 is 3.14 bits per heavy atom. The van der Waals surface area contributed by atoms with Gasteiger partial charge in [-0.05, 0) is 6.92 Å². The van der Waals surface area contributed by atoms with Crippen molar-refractivity contribution in [1.29, 1.82) is 0 Å². The summed E-state index contributed by atoms with van der Waals surface area (Å²) in [5.74, 6) is 1.23. The minimum absolute atomic E-state index is 0.361. The van der Waals surface area contributed by atoms with Crippen LogP contribution in [0.3, 0.4) is 0 Å². The fourth-order valence-electron chi connectivity index (χ4n) is 1.46. The monoisotopic (exact) mass is 195 g/mol. The minimum Gasteiger partial charge on any atom is -0.370 e. The molecule has 0 spiro atoms. The number of hydrogen-bond acceptors (Lipinski definition) is 5. The van der Waals surface area contributed by atoms with Crippen molar-refractivity contribution in [2.45, 2.75) is 19.7 Å². The predicted octanol–water partition coefficient (Wildman–Crippen LogP) is 0.288. The zero-order chi connectivity index (χ0) is 10.1. The summed E-state index contributed by atoms with van der Waals surface area (Å²) in [4.78, 5) is 8.30. The molecule has 2 heterocycles. The van der Waals surface area contributed by atoms with E-state index in [2.05, 4.69) is 15.3 Å². The largest absolute Gasteiger partial charge is 0.370 e. The molecule has 76 valence electrons. The molecule has 0 saturated carbocycles. The van der Waals surface area contributed by atoms with Crippen molar-refractivity contribution < 1.29 is 4.74 Å². The van der Waals surface area contributed by atoms with E-state index in [4.69, 9.17) is 10.5 Å². The Balaban J connectivity index is 2.43. The number of ether oxygens (including phenoxy) is 1. The van der Waals surface area contributed by atoms with Gasteiger partial charge in [-0.3, -0.25) is 0 Å². The smallest absolute Gasteiger partial charge is 0.198 e. The molecule has 1 unspecified atom stereocenters. The number of imidazole rings is 1. The van der Waals surface area contributed by atoms with Crippen LogP contribution in [0.4, 0.5) is 5.82 Å². The van der Waals surface area contributed by atoms with E-state index in [1.807, 2.05) is 11.5 Å². The molecule has 0 aliphatic carbocycles. The first kappa shape index (κ1) is 9.01. The van der Waals surface area contributed by atoms with E-state index in [1.165, 1.54) is 0 Å². The number of fused-ring (bicyclic) bond motifs is 1. The number of rotatable bonds is 2. The Kier molecular flexibility index (Phi) is 2.12. The lowest BCUT2D eigenvalue weighted by molar-refractivity contribution is 0.107. The van der Waals surface area contributed by atoms with E-state index in [-0.39, 0.29) is 6.23 Å². The third-order valence-electron chi connectivity index (χ3n) is 2.17. The van der Waals surface area contributed by atoms with E-state index >= 15 is 0 Å². The number of guanidine groups is 1. The summed E-state index contributed by atoms with van der Waals surface area (Å²) < 4.78 is 7.12. The van der Waals surface area contributed by atoms with Crippen molar-refractivity contribution >= 4 is 11.8 Å². The van der Waals surface area contributed by atoms with Crippen LogP contribution in [-0.2, 0) is 11.3 Å². The van der Waals surface area contributed by atoms with Gasteiger partial charge in [-0.1, -0.05) is 0 Å². The van der Waals surface area contributed by atoms with Crippen molar-refractivity contribution in [3.8, 4) is 0 Å². The molecule has 1 atom stereocenters. The highest BCUT2D eigenvalue weighted by atomic mass is 16.5. The van der Waals surface area contributed by atoms with Gasteiger partial charge in [0.2, 0.25) is 0 Å². The van der Waals surface area contributed by atoms with Crippen LogP contribution in [0, 0.1) is 0 Å². The molecule has 0 bridgehead atoms. The molecule has 2 rings (SSSR count). The van der Waals surface area contributed by atoms with Crippen molar-refractivity contribution in [1.82, 2.24) is 9.55 Å². The Morgan fingerprint density at radius 2 is 2.50 bits per heavy atom. The maximum atomic E-state index is 5.62. The van der Waals surface area contributed by atoms with Crippen molar-refractivity contribution in [2.75, 3.05) is 12.4 Å². The van der Waals surface area contributed by atoms with E-state index in [1.54, 1.807) is 13.4 Å². The summed E-state index contributed by atoms with van der Waals surface area (Å²) in [6.07, 6.45) is 1.36. The van der Waals surface area contributed by atoms with Gasteiger partial charge in [0.25, 0.3) is 0 Å². The lowest BCUT2D eigenvalue weighted by Gasteiger charge is -2.19. The molecule has 3 N–H and O–H groups in total. The fraction of sp³-hybridized carbons (Fsp3) is 0.500. The normalized spacial score (nSPS) is 19.9. The van der Waals surface area contributed by atoms with Crippen LogP contribution in [0.2, 0.25) is 0 Å². The maximum Gasteiger partial charge on any atom is 0.198 e. The van der Waals surface area contributed by atoms with Crippen LogP contribution in [0.25, 0.3) is 0 Å². The molecule has 0 saturated heterocycles. The Morgan fingerprint density at radius 1 is 1.71 bits per heavy atom. The lowest BCUT2D eigenvalue weighted by Crippen LogP contribution is -2.29. The Bertz CT molecular complexity index is 370. The third-order valence-corrected chi connectivity index (χ3v) is 2.17. The molecule has 0 aromatic carbocycles. The minimum atomic E-state index is -0.390. The molecule has 0 radical (unpaired) electrons. The highest BCUT2D eigenvalue weighted by Crippen LogP contribution is 2.28. The second-order valence-electron chi connectivity index (χ2n) is 2.99. The van der Waals surface area contributed by atoms with E-state index in [0.717, 1.165) is 18.1 Å². The van der Waals surface area contributed by atoms with Gasteiger partial charge in [-0.15, -0.1) is 0 Å². The number of hydrogen-bond donors (Lipinski definition) is 2. The molecule has 0 fully saturated rings. The summed E-state index contributed by atoms with van der Waals surface area (Å²) in [6.45, 7) is 2.87. The first-order valence-corrected chi connectivity index (χ1v) is 4.44. The summed E-state index contributed by atoms with van der Waals surface area (Å²) >= 11 is 0. The predicted molar refractivity (Wildman–Crippen MR) is 52.9 cm³/mol. The van der Waals surface area contributed by atoms with Crippen LogP contribution in [0.1, 0.15) is 18.8 Å². The number of methoxy groups -OCH3 is 1. The molecule has 6 nitrogen and oxygen atoms in total. The van der Waals surface area contributed by atoms with Gasteiger partial charge in [0.05, 0.1) is 6.33 Å². The van der Waals surface area contributed by atoms with Gasteiger partial charge in [-0.25, -0.2) is 9.98 Å². The van der Waals surface area contributed by atoms with Crippen molar-refractivity contribution in [3.05, 3.63) is 12.0 Å². The van der Waals surface area contributed by atoms with Crippen LogP contribution in [0.5, 0.6) is 0 Å². The molecule has 1 aromatic heterocycles. The van der Waals surface area contributed by atoms with Crippen LogP contribution < -0.4 is 11.1 Å². The van der Waals surface area contributed by atoms with Gasteiger partial charge in [0, 0.05) is 13.7 Å². The molecular weight excluding hydrogens is 182 g/mol. The van der Waals surface area contributed by atoms with Crippen molar-refractivity contribution in [2.24, 2.45) is 10.7 Å². The lowest BCUT2D eigenvalue weighted by atomic mass is 10.3. The SMILES string of the molecule is CCn1cnc2c1NC(N)=NC2OC. The third kappa shape index (κ3) is 1.24. The van der Waals surface area contributed by atoms with Gasteiger partial charge >= 0.3 is 0 Å². The summed E-state index contributed by atoms with van der Waals surface area (Å²) in [7, 11) is 1.58. The molecule has 6 heteroatoms. The van der Waals surface area contributed by atoms with E-state index in [0.29, 0.717) is 5.96 Å². The number of aliphatic imine (C=N–C) groups is 1. The Hall–Kier alpha value is -1.56. The molecule has 14 heavy (non-hydrogen) atoms. The van der Waals surface area contributed by atoms with Gasteiger partial charge in [0.1, 0.15) is 11.5 Å². The average Bonchev–Trinajstić information content (AvgIpc) is 2.59. The second-order valence-corrected chi connectivity index (χ2v) is 2.99. The molecule has 1 aromatic rings. The average molecular weight is 195 g/mol. The topological polar surface area (TPSA) is 77.5 Å². The zero-order valence-corrected chi connectivity index (χ0v) is 8.19. The summed E-state index contributed by atoms with van der Waals surface area (Å²) in [5, 5.41) is 2.97. The fourth-order valence-corrected chi connectivity index (χ4v) is 1.46. The number of nitrogens with two attached hydrogens (primary N) is 1. The summed E-state index contributed by atoms with van der Waals surface area (Å²) in [5.41, 5.74) is 6.40. The molecule has 0 amide bonds. The number of nitrogens with one attached hydrogen (secondary N) is 1. The molecular formula is C8H13N5O. The van der Waals surface area contributed by atoms with E-state index < -0.39 is 0 Å². The Labute approximate surface area is 81.8 Å². The number of aryl methyl sites for hydroxylation is 1. The molecule has 1 aliphatic heterocycles. The quantitative estimate of drug-likeness (QED) is 0.711. The van der Waals surface area contributed by atoms with Gasteiger partial charge < -0.3 is 20.4 Å². The number of anilines is 1. The van der Waals surface area contributed by atoms with E-state index in [9.17, 15) is 0 Å². The zero-order valence-electron chi connectivity index (χ0n) is 8.19. The van der Waals surface area contributed by atoms with Crippen LogP contribution in [0.15, 0.2) is 11.3 Å². The first-order valence-electron chi connectivity index (χ1n) is 4.44. The standard InChI is InChI=1S/C8H13N5O/c1-3-13-4-10-5-6(13)11-8(9)12-7(5)14-2/h4,7H,3H2,1-2H3,(H3,9,11,12). The van der Waals surface area contributed by atoms with Crippen LogP contribution >= 0.6 is 0 Å². The number of nitrogens with zero attached hydrogens (tertiary/aromatic N) is 3. The van der Waals surface area contributed by atoms with Crippen LogP contribution in [-0.4, -0.2) is 22.6 Å². The number of aromatic nitrogens is 2. The maximum absolute atomic E-state index is 5.62.